The van der Waals surface area contributed by atoms with E-state index in [9.17, 15) is 0 Å². The van der Waals surface area contributed by atoms with E-state index in [0.717, 1.165) is 18.8 Å². The van der Waals surface area contributed by atoms with E-state index in [4.69, 9.17) is 9.47 Å². The van der Waals surface area contributed by atoms with Gasteiger partial charge >= 0.3 is 0 Å². The van der Waals surface area contributed by atoms with Gasteiger partial charge in [0.1, 0.15) is 18.5 Å². The van der Waals surface area contributed by atoms with E-state index in [2.05, 4.69) is 32.0 Å². The van der Waals surface area contributed by atoms with Gasteiger partial charge in [0.2, 0.25) is 0 Å². The topological polar surface area (TPSA) is 21.8 Å². The minimum absolute atomic E-state index is 0.334. The zero-order valence-electron chi connectivity index (χ0n) is 8.75. The zero-order chi connectivity index (χ0) is 9.97. The molecule has 1 unspecified atom stereocenters. The lowest BCUT2D eigenvalue weighted by atomic mass is 10.1. The molecule has 1 saturated heterocycles. The fourth-order valence-electron chi connectivity index (χ4n) is 1.47. The Morgan fingerprint density at radius 2 is 2.21 bits per heavy atom. The van der Waals surface area contributed by atoms with E-state index < -0.39 is 0 Å². The molecule has 1 heterocycles. The van der Waals surface area contributed by atoms with Crippen molar-refractivity contribution in [1.29, 1.82) is 0 Å². The van der Waals surface area contributed by atoms with Gasteiger partial charge in [0, 0.05) is 0 Å². The van der Waals surface area contributed by atoms with Crippen LogP contribution in [0.2, 0.25) is 0 Å². The number of hydrogen-bond donors (Lipinski definition) is 0. The van der Waals surface area contributed by atoms with Gasteiger partial charge in [-0.25, -0.2) is 0 Å². The van der Waals surface area contributed by atoms with E-state index in [1.165, 1.54) is 11.1 Å². The largest absolute Gasteiger partial charge is 0.491 e. The van der Waals surface area contributed by atoms with Gasteiger partial charge in [-0.1, -0.05) is 13.0 Å². The van der Waals surface area contributed by atoms with Gasteiger partial charge in [-0.2, -0.15) is 0 Å². The molecule has 1 aromatic rings. The Hall–Kier alpha value is -1.02. The summed E-state index contributed by atoms with van der Waals surface area (Å²) in [5.74, 6) is 0.970. The normalized spacial score (nSPS) is 19.4. The van der Waals surface area contributed by atoms with Crippen molar-refractivity contribution in [3.8, 4) is 5.75 Å². The molecule has 2 rings (SSSR count). The molecule has 1 aromatic carbocycles. The van der Waals surface area contributed by atoms with Crippen LogP contribution in [-0.2, 0) is 11.2 Å². The highest BCUT2D eigenvalue weighted by Gasteiger charge is 2.23. The summed E-state index contributed by atoms with van der Waals surface area (Å²) in [5, 5.41) is 0. The third-order valence-electron chi connectivity index (χ3n) is 2.36. The van der Waals surface area contributed by atoms with Crippen molar-refractivity contribution in [1.82, 2.24) is 0 Å². The number of ether oxygens (including phenoxy) is 2. The van der Waals surface area contributed by atoms with Crippen molar-refractivity contribution < 1.29 is 9.47 Å². The molecule has 0 bridgehead atoms. The molecular formula is C12H16O2. The number of rotatable bonds is 4. The van der Waals surface area contributed by atoms with E-state index >= 15 is 0 Å². The molecule has 0 aromatic heterocycles. The minimum Gasteiger partial charge on any atom is -0.491 e. The van der Waals surface area contributed by atoms with E-state index in [0.29, 0.717) is 12.7 Å². The Bertz CT molecular complexity index is 316. The van der Waals surface area contributed by atoms with Gasteiger partial charge in [-0.3, -0.25) is 0 Å². The van der Waals surface area contributed by atoms with Gasteiger partial charge in [0.25, 0.3) is 0 Å². The van der Waals surface area contributed by atoms with Crippen LogP contribution in [0.25, 0.3) is 0 Å². The molecule has 1 aliphatic rings. The second-order valence-electron chi connectivity index (χ2n) is 3.77. The maximum absolute atomic E-state index is 5.63. The molecule has 0 aliphatic carbocycles. The highest BCUT2D eigenvalue weighted by atomic mass is 16.6. The van der Waals surface area contributed by atoms with Crippen molar-refractivity contribution in [2.45, 2.75) is 26.4 Å². The summed E-state index contributed by atoms with van der Waals surface area (Å²) in [7, 11) is 0. The summed E-state index contributed by atoms with van der Waals surface area (Å²) < 4.78 is 10.7. The highest BCUT2D eigenvalue weighted by Crippen LogP contribution is 2.19. The van der Waals surface area contributed by atoms with E-state index in [-0.39, 0.29) is 0 Å². The first-order valence-corrected chi connectivity index (χ1v) is 5.13. The van der Waals surface area contributed by atoms with Gasteiger partial charge in [-0.15, -0.1) is 0 Å². The molecule has 2 nitrogen and oxygen atoms in total. The van der Waals surface area contributed by atoms with Crippen LogP contribution in [0, 0.1) is 6.92 Å². The highest BCUT2D eigenvalue weighted by molar-refractivity contribution is 5.33. The van der Waals surface area contributed by atoms with Crippen LogP contribution in [-0.4, -0.2) is 19.3 Å². The first-order chi connectivity index (χ1) is 6.78. The second kappa shape index (κ2) is 4.01. The van der Waals surface area contributed by atoms with Crippen LogP contribution in [0.3, 0.4) is 0 Å². The van der Waals surface area contributed by atoms with Gasteiger partial charge in [0.15, 0.2) is 0 Å². The van der Waals surface area contributed by atoms with Crippen molar-refractivity contribution >= 4 is 0 Å². The molecule has 0 spiro atoms. The molecule has 0 saturated carbocycles. The van der Waals surface area contributed by atoms with Crippen LogP contribution in [0.5, 0.6) is 5.75 Å². The minimum atomic E-state index is 0.334. The smallest absolute Gasteiger partial charge is 0.119 e. The lowest BCUT2D eigenvalue weighted by Gasteiger charge is -2.07. The van der Waals surface area contributed by atoms with Crippen molar-refractivity contribution in [3.05, 3.63) is 29.3 Å². The van der Waals surface area contributed by atoms with Gasteiger partial charge in [-0.05, 0) is 36.6 Å². The third-order valence-corrected chi connectivity index (χ3v) is 2.36. The lowest BCUT2D eigenvalue weighted by Crippen LogP contribution is -2.04. The number of aryl methyl sites for hydroxylation is 2. The monoisotopic (exact) mass is 192 g/mol. The number of epoxide rings is 1. The summed E-state index contributed by atoms with van der Waals surface area (Å²) in [6, 6.07) is 6.37. The van der Waals surface area contributed by atoms with Crippen molar-refractivity contribution in [2.24, 2.45) is 0 Å². The van der Waals surface area contributed by atoms with Crippen LogP contribution >= 0.6 is 0 Å². The molecule has 0 radical (unpaired) electrons. The SMILES string of the molecule is CCc1cc(C)cc(OCC2CO2)c1. The average molecular weight is 192 g/mol. The standard InChI is InChI=1S/C12H16O2/c1-3-10-4-9(2)5-11(6-10)13-7-12-8-14-12/h4-6,12H,3,7-8H2,1-2H3. The second-order valence-corrected chi connectivity index (χ2v) is 3.77. The molecule has 14 heavy (non-hydrogen) atoms. The Kier molecular flexibility index (Phi) is 2.73. The maximum atomic E-state index is 5.63. The quantitative estimate of drug-likeness (QED) is 0.683. The van der Waals surface area contributed by atoms with Crippen LogP contribution < -0.4 is 4.74 Å². The molecular weight excluding hydrogens is 176 g/mol. The number of hydrogen-bond acceptors (Lipinski definition) is 2. The zero-order valence-corrected chi connectivity index (χ0v) is 8.75. The first kappa shape index (κ1) is 9.53. The van der Waals surface area contributed by atoms with Crippen LogP contribution in [0.4, 0.5) is 0 Å². The predicted octanol–water partition coefficient (Wildman–Crippen LogP) is 2.34. The van der Waals surface area contributed by atoms with Gasteiger partial charge in [0.05, 0.1) is 6.61 Å². The van der Waals surface area contributed by atoms with Gasteiger partial charge < -0.3 is 9.47 Å². The fraction of sp³-hybridized carbons (Fsp3) is 0.500. The molecule has 1 aliphatic heterocycles. The molecule has 1 fully saturated rings. The summed E-state index contributed by atoms with van der Waals surface area (Å²) in [5.41, 5.74) is 2.59. The van der Waals surface area contributed by atoms with Crippen LogP contribution in [0.15, 0.2) is 18.2 Å². The predicted molar refractivity (Wildman–Crippen MR) is 55.8 cm³/mol. The van der Waals surface area contributed by atoms with E-state index in [1.54, 1.807) is 0 Å². The number of benzene rings is 1. The summed E-state index contributed by atoms with van der Waals surface area (Å²) in [6.07, 6.45) is 1.39. The molecule has 0 amide bonds. The average Bonchev–Trinajstić information content (AvgIpc) is 2.97. The summed E-state index contributed by atoms with van der Waals surface area (Å²) in [6.45, 7) is 5.79. The Morgan fingerprint density at radius 1 is 1.43 bits per heavy atom. The van der Waals surface area contributed by atoms with Crippen LogP contribution in [0.1, 0.15) is 18.1 Å². The Morgan fingerprint density at radius 3 is 2.86 bits per heavy atom. The summed E-state index contributed by atoms with van der Waals surface area (Å²) in [4.78, 5) is 0. The Balaban J connectivity index is 2.03. The van der Waals surface area contributed by atoms with E-state index in [1.807, 2.05) is 0 Å². The third kappa shape index (κ3) is 2.48. The lowest BCUT2D eigenvalue weighted by molar-refractivity contribution is 0.263. The maximum Gasteiger partial charge on any atom is 0.119 e. The molecule has 1 atom stereocenters. The molecule has 0 N–H and O–H groups in total. The van der Waals surface area contributed by atoms with Crippen molar-refractivity contribution in [2.75, 3.05) is 13.2 Å². The summed E-state index contributed by atoms with van der Waals surface area (Å²) >= 11 is 0. The molecule has 76 valence electrons. The Labute approximate surface area is 84.8 Å². The van der Waals surface area contributed by atoms with Crippen molar-refractivity contribution in [3.63, 3.8) is 0 Å². The fourth-order valence-corrected chi connectivity index (χ4v) is 1.47. The first-order valence-electron chi connectivity index (χ1n) is 5.13. The molecule has 2 heteroatoms.